The van der Waals surface area contributed by atoms with Gasteiger partial charge in [0, 0.05) is 11.6 Å². The summed E-state index contributed by atoms with van der Waals surface area (Å²) in [4.78, 5) is 12.0. The monoisotopic (exact) mass is 358 g/mol. The molecule has 2 rings (SSSR count). The zero-order valence-electron chi connectivity index (χ0n) is 13.3. The summed E-state index contributed by atoms with van der Waals surface area (Å²) in [6.45, 7) is 1.06. The highest BCUT2D eigenvalue weighted by Gasteiger charge is 2.33. The van der Waals surface area contributed by atoms with E-state index in [1.165, 1.54) is 25.3 Å². The topological polar surface area (TPSA) is 44.8 Å². The molecule has 0 saturated carbocycles. The maximum atomic E-state index is 14.0. The fraction of sp³-hybridized carbons (Fsp3) is 0.235. The third-order valence-corrected chi connectivity index (χ3v) is 3.26. The van der Waals surface area contributed by atoms with Crippen LogP contribution in [-0.2, 0) is 4.74 Å². The molecular formula is C17H14F4O4. The van der Waals surface area contributed by atoms with Crippen LogP contribution in [0.2, 0.25) is 0 Å². The molecule has 0 aliphatic carbocycles. The van der Waals surface area contributed by atoms with Gasteiger partial charge >= 0.3 is 12.3 Å². The van der Waals surface area contributed by atoms with E-state index in [-0.39, 0.29) is 16.9 Å². The SMILES string of the molecule is COc1ccc(C(=O)Oc2ccc(C(C)OC(F)(F)F)c(F)c2)cc1. The number of hydrogen-bond acceptors (Lipinski definition) is 4. The lowest BCUT2D eigenvalue weighted by atomic mass is 10.1. The van der Waals surface area contributed by atoms with E-state index in [1.807, 2.05) is 0 Å². The Balaban J connectivity index is 2.10. The van der Waals surface area contributed by atoms with Gasteiger partial charge in [0.2, 0.25) is 0 Å². The molecule has 2 aromatic rings. The van der Waals surface area contributed by atoms with Crippen LogP contribution in [-0.4, -0.2) is 19.4 Å². The predicted molar refractivity (Wildman–Crippen MR) is 79.9 cm³/mol. The van der Waals surface area contributed by atoms with Gasteiger partial charge in [-0.05, 0) is 43.3 Å². The molecule has 0 bridgehead atoms. The molecule has 4 nitrogen and oxygen atoms in total. The third-order valence-electron chi connectivity index (χ3n) is 3.26. The highest BCUT2D eigenvalue weighted by molar-refractivity contribution is 5.91. The molecule has 1 atom stereocenters. The summed E-state index contributed by atoms with van der Waals surface area (Å²) in [5.74, 6) is -1.31. The van der Waals surface area contributed by atoms with E-state index in [0.29, 0.717) is 5.75 Å². The molecule has 0 radical (unpaired) electrons. The van der Waals surface area contributed by atoms with Crippen molar-refractivity contribution in [2.24, 2.45) is 0 Å². The van der Waals surface area contributed by atoms with E-state index in [1.54, 1.807) is 12.1 Å². The number of rotatable bonds is 5. The minimum absolute atomic E-state index is 0.138. The zero-order valence-corrected chi connectivity index (χ0v) is 13.3. The van der Waals surface area contributed by atoms with Crippen molar-refractivity contribution >= 4 is 5.97 Å². The maximum absolute atomic E-state index is 14.0. The van der Waals surface area contributed by atoms with Gasteiger partial charge in [0.05, 0.1) is 18.8 Å². The van der Waals surface area contributed by atoms with Gasteiger partial charge in [0.25, 0.3) is 0 Å². The molecule has 0 N–H and O–H groups in total. The Morgan fingerprint density at radius 1 is 1.04 bits per heavy atom. The molecule has 0 aliphatic rings. The molecule has 0 amide bonds. The largest absolute Gasteiger partial charge is 0.523 e. The number of benzene rings is 2. The second-order valence-electron chi connectivity index (χ2n) is 5.01. The third kappa shape index (κ3) is 5.18. The first-order chi connectivity index (χ1) is 11.7. The maximum Gasteiger partial charge on any atom is 0.523 e. The normalized spacial score (nSPS) is 12.6. The summed E-state index contributed by atoms with van der Waals surface area (Å²) < 4.78 is 64.3. The van der Waals surface area contributed by atoms with Crippen molar-refractivity contribution in [1.82, 2.24) is 0 Å². The fourth-order valence-electron chi connectivity index (χ4n) is 2.06. The van der Waals surface area contributed by atoms with Gasteiger partial charge in [0.1, 0.15) is 17.3 Å². The smallest absolute Gasteiger partial charge is 0.497 e. The summed E-state index contributed by atoms with van der Waals surface area (Å²) in [5, 5.41) is 0. The number of esters is 1. The number of hydrogen-bond donors (Lipinski definition) is 0. The van der Waals surface area contributed by atoms with Gasteiger partial charge in [0.15, 0.2) is 0 Å². The Kier molecular flexibility index (Phi) is 5.63. The zero-order chi connectivity index (χ0) is 18.6. The van der Waals surface area contributed by atoms with Gasteiger partial charge in [-0.1, -0.05) is 0 Å². The first-order valence-electron chi connectivity index (χ1n) is 7.10. The molecule has 2 aromatic carbocycles. The second-order valence-corrected chi connectivity index (χ2v) is 5.01. The standard InChI is InChI=1S/C17H14F4O4/c1-10(25-17(19,20)21)14-8-7-13(9-15(14)18)24-16(22)11-3-5-12(23-2)6-4-11/h3-10H,1-2H3. The Morgan fingerprint density at radius 3 is 2.16 bits per heavy atom. The summed E-state index contributed by atoms with van der Waals surface area (Å²) in [5.41, 5.74) is -0.0966. The number of methoxy groups -OCH3 is 1. The van der Waals surface area contributed by atoms with Crippen LogP contribution < -0.4 is 9.47 Å². The van der Waals surface area contributed by atoms with E-state index in [2.05, 4.69) is 4.74 Å². The van der Waals surface area contributed by atoms with Crippen molar-refractivity contribution in [1.29, 1.82) is 0 Å². The van der Waals surface area contributed by atoms with E-state index in [4.69, 9.17) is 9.47 Å². The van der Waals surface area contributed by atoms with Gasteiger partial charge in [-0.15, -0.1) is 13.2 Å². The first-order valence-corrected chi connectivity index (χ1v) is 7.10. The summed E-state index contributed by atoms with van der Waals surface area (Å²) in [6.07, 6.45) is -6.42. The quantitative estimate of drug-likeness (QED) is 0.443. The fourth-order valence-corrected chi connectivity index (χ4v) is 2.06. The van der Waals surface area contributed by atoms with Crippen molar-refractivity contribution < 1.29 is 36.6 Å². The average Bonchev–Trinajstić information content (AvgIpc) is 2.53. The number of ether oxygens (including phenoxy) is 3. The van der Waals surface area contributed by atoms with Crippen LogP contribution >= 0.6 is 0 Å². The number of halogens is 4. The van der Waals surface area contributed by atoms with Crippen LogP contribution in [0.4, 0.5) is 17.6 Å². The van der Waals surface area contributed by atoms with Crippen LogP contribution in [0.5, 0.6) is 11.5 Å². The van der Waals surface area contributed by atoms with Crippen LogP contribution in [0.3, 0.4) is 0 Å². The summed E-state index contributed by atoms with van der Waals surface area (Å²) in [7, 11) is 1.47. The van der Waals surface area contributed by atoms with Crippen LogP contribution in [0.25, 0.3) is 0 Å². The second kappa shape index (κ2) is 7.52. The highest BCUT2D eigenvalue weighted by atomic mass is 19.4. The lowest BCUT2D eigenvalue weighted by molar-refractivity contribution is -0.342. The van der Waals surface area contributed by atoms with Crippen LogP contribution in [0, 0.1) is 5.82 Å². The van der Waals surface area contributed by atoms with E-state index in [9.17, 15) is 22.4 Å². The Hall–Kier alpha value is -2.61. The van der Waals surface area contributed by atoms with E-state index < -0.39 is 24.3 Å². The lowest BCUT2D eigenvalue weighted by Crippen LogP contribution is -2.17. The highest BCUT2D eigenvalue weighted by Crippen LogP contribution is 2.30. The van der Waals surface area contributed by atoms with Crippen molar-refractivity contribution in [3.8, 4) is 11.5 Å². The molecule has 0 heterocycles. The van der Waals surface area contributed by atoms with Crippen molar-refractivity contribution in [2.45, 2.75) is 19.4 Å². The number of alkyl halides is 3. The van der Waals surface area contributed by atoms with E-state index >= 15 is 0 Å². The molecule has 8 heteroatoms. The average molecular weight is 358 g/mol. The molecular weight excluding hydrogens is 344 g/mol. The first kappa shape index (κ1) is 18.7. The van der Waals surface area contributed by atoms with Crippen molar-refractivity contribution in [3.63, 3.8) is 0 Å². The minimum atomic E-state index is -4.88. The molecule has 134 valence electrons. The molecule has 25 heavy (non-hydrogen) atoms. The van der Waals surface area contributed by atoms with Gasteiger partial charge in [-0.3, -0.25) is 4.74 Å². The van der Waals surface area contributed by atoms with Gasteiger partial charge < -0.3 is 9.47 Å². The minimum Gasteiger partial charge on any atom is -0.497 e. The Morgan fingerprint density at radius 2 is 1.64 bits per heavy atom. The van der Waals surface area contributed by atoms with Crippen molar-refractivity contribution in [2.75, 3.05) is 7.11 Å². The van der Waals surface area contributed by atoms with Gasteiger partial charge in [-0.2, -0.15) is 0 Å². The lowest BCUT2D eigenvalue weighted by Gasteiger charge is -2.16. The molecule has 0 aromatic heterocycles. The summed E-state index contributed by atoms with van der Waals surface area (Å²) >= 11 is 0. The molecule has 0 saturated heterocycles. The molecule has 0 fully saturated rings. The van der Waals surface area contributed by atoms with Crippen LogP contribution in [0.15, 0.2) is 42.5 Å². The Bertz CT molecular complexity index is 741. The van der Waals surface area contributed by atoms with Crippen molar-refractivity contribution in [3.05, 3.63) is 59.4 Å². The molecule has 0 spiro atoms. The van der Waals surface area contributed by atoms with Gasteiger partial charge in [-0.25, -0.2) is 9.18 Å². The molecule has 0 aliphatic heterocycles. The summed E-state index contributed by atoms with van der Waals surface area (Å²) in [6, 6.07) is 9.12. The van der Waals surface area contributed by atoms with E-state index in [0.717, 1.165) is 19.1 Å². The number of carbonyl (C=O) groups excluding carboxylic acids is 1. The number of carbonyl (C=O) groups is 1. The predicted octanol–water partition coefficient (Wildman–Crippen LogP) is 4.65. The van der Waals surface area contributed by atoms with Crippen LogP contribution in [0.1, 0.15) is 28.9 Å². The Labute approximate surface area is 140 Å². The molecule has 1 unspecified atom stereocenters.